The first kappa shape index (κ1) is 9.30. The van der Waals surface area contributed by atoms with Crippen molar-refractivity contribution in [2.45, 2.75) is 0 Å². The van der Waals surface area contributed by atoms with Crippen molar-refractivity contribution in [1.82, 2.24) is 9.97 Å². The molecule has 0 radical (unpaired) electrons. The number of aromatic nitrogens is 2. The number of benzene rings is 1. The Morgan fingerprint density at radius 1 is 1.00 bits per heavy atom. The summed E-state index contributed by atoms with van der Waals surface area (Å²) in [6, 6.07) is 14.0. The summed E-state index contributed by atoms with van der Waals surface area (Å²) in [4.78, 5) is 8.61. The maximum atomic E-state index is 4.40. The van der Waals surface area contributed by atoms with E-state index in [-0.39, 0.29) is 0 Å². The second-order valence-corrected chi connectivity index (χ2v) is 4.37. The fraction of sp³-hybridized carbons (Fsp3) is 0. The molecule has 3 rings (SSSR count). The van der Waals surface area contributed by atoms with E-state index in [1.165, 1.54) is 0 Å². The lowest BCUT2D eigenvalue weighted by atomic mass is 10.3. The van der Waals surface area contributed by atoms with E-state index in [0.717, 1.165) is 21.2 Å². The summed E-state index contributed by atoms with van der Waals surface area (Å²) < 4.78 is 1.10. The van der Waals surface area contributed by atoms with Crippen LogP contribution in [0.4, 0.5) is 10.8 Å². The zero-order chi connectivity index (χ0) is 10.8. The SMILES string of the molecule is c1ccc(Nc2nc3ncccc3s2)cc1. The molecular weight excluding hydrogens is 218 g/mol. The van der Waals surface area contributed by atoms with Crippen LogP contribution in [-0.4, -0.2) is 9.97 Å². The van der Waals surface area contributed by atoms with Gasteiger partial charge in [0.15, 0.2) is 10.8 Å². The van der Waals surface area contributed by atoms with E-state index >= 15 is 0 Å². The lowest BCUT2D eigenvalue weighted by Crippen LogP contribution is -1.87. The maximum absolute atomic E-state index is 4.40. The number of para-hydroxylation sites is 1. The third-order valence-electron chi connectivity index (χ3n) is 2.19. The van der Waals surface area contributed by atoms with Crippen molar-refractivity contribution in [2.75, 3.05) is 5.32 Å². The summed E-state index contributed by atoms with van der Waals surface area (Å²) in [5, 5.41) is 4.14. The Morgan fingerprint density at radius 3 is 2.69 bits per heavy atom. The normalized spacial score (nSPS) is 10.5. The quantitative estimate of drug-likeness (QED) is 0.728. The van der Waals surface area contributed by atoms with Crippen LogP contribution in [0.1, 0.15) is 0 Å². The fourth-order valence-electron chi connectivity index (χ4n) is 1.47. The minimum absolute atomic E-state index is 0.797. The van der Waals surface area contributed by atoms with Gasteiger partial charge in [0.25, 0.3) is 0 Å². The predicted molar refractivity (Wildman–Crippen MR) is 67.1 cm³/mol. The molecule has 0 aliphatic carbocycles. The van der Waals surface area contributed by atoms with Gasteiger partial charge >= 0.3 is 0 Å². The number of anilines is 2. The number of pyridine rings is 1. The van der Waals surface area contributed by atoms with Crippen molar-refractivity contribution in [1.29, 1.82) is 0 Å². The molecule has 0 atom stereocenters. The number of nitrogens with one attached hydrogen (secondary N) is 1. The van der Waals surface area contributed by atoms with Gasteiger partial charge in [0.2, 0.25) is 0 Å². The summed E-state index contributed by atoms with van der Waals surface area (Å²) >= 11 is 1.61. The second kappa shape index (κ2) is 3.90. The van der Waals surface area contributed by atoms with Crippen LogP contribution in [0.2, 0.25) is 0 Å². The summed E-state index contributed by atoms with van der Waals surface area (Å²) in [5.41, 5.74) is 1.84. The summed E-state index contributed by atoms with van der Waals surface area (Å²) in [6.07, 6.45) is 1.76. The van der Waals surface area contributed by atoms with Crippen LogP contribution < -0.4 is 5.32 Å². The number of hydrogen-bond acceptors (Lipinski definition) is 4. The van der Waals surface area contributed by atoms with Gasteiger partial charge in [-0.2, -0.15) is 4.98 Å². The summed E-state index contributed by atoms with van der Waals surface area (Å²) in [6.45, 7) is 0. The van der Waals surface area contributed by atoms with Crippen LogP contribution in [0.5, 0.6) is 0 Å². The Kier molecular flexibility index (Phi) is 2.27. The van der Waals surface area contributed by atoms with E-state index in [4.69, 9.17) is 0 Å². The van der Waals surface area contributed by atoms with Crippen molar-refractivity contribution in [2.24, 2.45) is 0 Å². The first-order valence-electron chi connectivity index (χ1n) is 4.95. The van der Waals surface area contributed by atoms with Gasteiger partial charge in [0.1, 0.15) is 0 Å². The Morgan fingerprint density at radius 2 is 1.88 bits per heavy atom. The van der Waals surface area contributed by atoms with Crippen LogP contribution >= 0.6 is 11.3 Å². The van der Waals surface area contributed by atoms with Crippen molar-refractivity contribution in [3.63, 3.8) is 0 Å². The first-order valence-corrected chi connectivity index (χ1v) is 5.77. The van der Waals surface area contributed by atoms with E-state index in [0.29, 0.717) is 0 Å². The third-order valence-corrected chi connectivity index (χ3v) is 3.12. The van der Waals surface area contributed by atoms with Crippen molar-refractivity contribution in [3.05, 3.63) is 48.7 Å². The van der Waals surface area contributed by atoms with Gasteiger partial charge in [-0.3, -0.25) is 0 Å². The van der Waals surface area contributed by atoms with E-state index in [2.05, 4.69) is 15.3 Å². The molecule has 1 N–H and O–H groups in total. The fourth-order valence-corrected chi connectivity index (χ4v) is 2.31. The lowest BCUT2D eigenvalue weighted by Gasteiger charge is -1.99. The molecule has 0 saturated carbocycles. The Hall–Kier alpha value is -1.94. The lowest BCUT2D eigenvalue weighted by molar-refractivity contribution is 1.32. The molecule has 0 spiro atoms. The van der Waals surface area contributed by atoms with Crippen LogP contribution in [0, 0.1) is 0 Å². The van der Waals surface area contributed by atoms with Crippen LogP contribution in [0.3, 0.4) is 0 Å². The monoisotopic (exact) mass is 227 g/mol. The van der Waals surface area contributed by atoms with Crippen LogP contribution in [-0.2, 0) is 0 Å². The van der Waals surface area contributed by atoms with Gasteiger partial charge in [0.05, 0.1) is 4.70 Å². The molecule has 2 heterocycles. The molecule has 2 aromatic heterocycles. The number of rotatable bonds is 2. The molecule has 0 fully saturated rings. The van der Waals surface area contributed by atoms with Gasteiger partial charge in [-0.1, -0.05) is 29.5 Å². The molecule has 3 aromatic rings. The summed E-state index contributed by atoms with van der Waals surface area (Å²) in [7, 11) is 0. The molecule has 78 valence electrons. The molecule has 16 heavy (non-hydrogen) atoms. The van der Waals surface area contributed by atoms with Gasteiger partial charge < -0.3 is 5.32 Å². The Balaban J connectivity index is 1.95. The molecule has 0 unspecified atom stereocenters. The highest BCUT2D eigenvalue weighted by atomic mass is 32.1. The van der Waals surface area contributed by atoms with Crippen molar-refractivity contribution < 1.29 is 0 Å². The molecular formula is C12H9N3S. The van der Waals surface area contributed by atoms with Crippen molar-refractivity contribution in [3.8, 4) is 0 Å². The van der Waals surface area contributed by atoms with Crippen LogP contribution in [0.25, 0.3) is 10.3 Å². The third kappa shape index (κ3) is 1.75. The minimum Gasteiger partial charge on any atom is -0.331 e. The maximum Gasteiger partial charge on any atom is 0.189 e. The van der Waals surface area contributed by atoms with E-state index < -0.39 is 0 Å². The highest BCUT2D eigenvalue weighted by molar-refractivity contribution is 7.22. The van der Waals surface area contributed by atoms with Gasteiger partial charge in [-0.25, -0.2) is 4.98 Å². The Bertz CT molecular complexity index is 571. The highest BCUT2D eigenvalue weighted by Crippen LogP contribution is 2.26. The molecule has 0 saturated heterocycles. The van der Waals surface area contributed by atoms with E-state index in [9.17, 15) is 0 Å². The number of thiazole rings is 1. The first-order chi connectivity index (χ1) is 7.92. The molecule has 0 bridgehead atoms. The van der Waals surface area contributed by atoms with Crippen LogP contribution in [0.15, 0.2) is 48.7 Å². The standard InChI is InChI=1S/C12H9N3S/c1-2-5-9(6-3-1)14-12-15-11-10(16-12)7-4-8-13-11/h1-8H,(H,13,14,15). The molecule has 0 aliphatic heterocycles. The largest absolute Gasteiger partial charge is 0.331 e. The molecule has 0 amide bonds. The average molecular weight is 227 g/mol. The molecule has 0 aliphatic rings. The number of fused-ring (bicyclic) bond motifs is 1. The number of nitrogens with zero attached hydrogens (tertiary/aromatic N) is 2. The predicted octanol–water partition coefficient (Wildman–Crippen LogP) is 3.43. The Labute approximate surface area is 96.8 Å². The van der Waals surface area contributed by atoms with Gasteiger partial charge in [0, 0.05) is 11.9 Å². The molecule has 1 aromatic carbocycles. The molecule has 3 nitrogen and oxygen atoms in total. The number of hydrogen-bond donors (Lipinski definition) is 1. The second-order valence-electron chi connectivity index (χ2n) is 3.34. The smallest absolute Gasteiger partial charge is 0.189 e. The highest BCUT2D eigenvalue weighted by Gasteiger charge is 2.03. The average Bonchev–Trinajstić information content (AvgIpc) is 2.72. The van der Waals surface area contributed by atoms with Gasteiger partial charge in [-0.15, -0.1) is 0 Å². The van der Waals surface area contributed by atoms with Crippen molar-refractivity contribution >= 4 is 32.5 Å². The summed E-state index contributed by atoms with van der Waals surface area (Å²) in [5.74, 6) is 0. The topological polar surface area (TPSA) is 37.8 Å². The van der Waals surface area contributed by atoms with E-state index in [1.807, 2.05) is 42.5 Å². The zero-order valence-electron chi connectivity index (χ0n) is 8.42. The minimum atomic E-state index is 0.797. The zero-order valence-corrected chi connectivity index (χ0v) is 9.24. The van der Waals surface area contributed by atoms with E-state index in [1.54, 1.807) is 17.5 Å². The van der Waals surface area contributed by atoms with Gasteiger partial charge in [-0.05, 0) is 24.3 Å². The molecule has 4 heteroatoms.